The molecule has 160 valence electrons. The first-order chi connectivity index (χ1) is 13.6. The lowest BCUT2D eigenvalue weighted by Gasteiger charge is -2.32. The number of benzene rings is 1. The minimum absolute atomic E-state index is 0. The number of likely N-dealkylation sites (tertiary alicyclic amines) is 1. The second kappa shape index (κ2) is 11.1. The Labute approximate surface area is 176 Å². The van der Waals surface area contributed by atoms with Crippen molar-refractivity contribution in [3.63, 3.8) is 0 Å². The zero-order valence-corrected chi connectivity index (χ0v) is 17.2. The average molecular weight is 425 g/mol. The van der Waals surface area contributed by atoms with E-state index < -0.39 is 6.10 Å². The number of rotatable bonds is 6. The minimum Gasteiger partial charge on any atom is -0.368 e. The van der Waals surface area contributed by atoms with Gasteiger partial charge < -0.3 is 26.0 Å². The third kappa shape index (κ3) is 6.16. The van der Waals surface area contributed by atoms with E-state index in [1.165, 1.54) is 0 Å². The summed E-state index contributed by atoms with van der Waals surface area (Å²) in [7, 11) is 0. The van der Waals surface area contributed by atoms with Crippen LogP contribution in [0.5, 0.6) is 0 Å². The molecule has 2 saturated heterocycles. The highest BCUT2D eigenvalue weighted by Crippen LogP contribution is 2.21. The number of amides is 3. The number of nitrogens with two attached hydrogens (primary N) is 1. The molecule has 0 radical (unpaired) electrons. The normalized spacial score (nSPS) is 21.2. The zero-order valence-electron chi connectivity index (χ0n) is 16.4. The summed E-state index contributed by atoms with van der Waals surface area (Å²) < 4.78 is 5.39. The van der Waals surface area contributed by atoms with Crippen molar-refractivity contribution >= 4 is 35.8 Å². The molecule has 2 aliphatic rings. The van der Waals surface area contributed by atoms with Crippen molar-refractivity contribution in [3.05, 3.63) is 29.8 Å². The van der Waals surface area contributed by atoms with E-state index in [0.29, 0.717) is 50.5 Å². The smallest absolute Gasteiger partial charge is 0.253 e. The van der Waals surface area contributed by atoms with Gasteiger partial charge in [0.25, 0.3) is 11.8 Å². The first kappa shape index (κ1) is 23.1. The predicted octanol–water partition coefficient (Wildman–Crippen LogP) is 1.15. The number of nitrogens with zero attached hydrogens (tertiary/aromatic N) is 1. The summed E-state index contributed by atoms with van der Waals surface area (Å²) in [6, 6.07) is 6.89. The molecule has 3 amide bonds. The fraction of sp³-hybridized carbons (Fsp3) is 0.550. The third-order valence-electron chi connectivity index (χ3n) is 5.12. The molecular weight excluding hydrogens is 396 g/mol. The van der Waals surface area contributed by atoms with Crippen LogP contribution in [-0.2, 0) is 14.3 Å². The lowest BCUT2D eigenvalue weighted by atomic mass is 9.96. The SMILES string of the molecule is Cl.NCCNC(=O)C1CCCN(C(=O)c2cccc(NC(=O)C3CCCO3)c2)C1. The highest BCUT2D eigenvalue weighted by molar-refractivity contribution is 5.98. The molecule has 2 unspecified atom stereocenters. The number of anilines is 1. The summed E-state index contributed by atoms with van der Waals surface area (Å²) in [4.78, 5) is 39.0. The van der Waals surface area contributed by atoms with Gasteiger partial charge in [-0.2, -0.15) is 0 Å². The highest BCUT2D eigenvalue weighted by atomic mass is 35.5. The van der Waals surface area contributed by atoms with Crippen LogP contribution in [0.4, 0.5) is 5.69 Å². The lowest BCUT2D eigenvalue weighted by molar-refractivity contribution is -0.126. The van der Waals surface area contributed by atoms with Crippen LogP contribution in [0.3, 0.4) is 0 Å². The molecule has 0 saturated carbocycles. The van der Waals surface area contributed by atoms with Crippen LogP contribution in [0.15, 0.2) is 24.3 Å². The number of carbonyl (C=O) groups is 3. The quantitative estimate of drug-likeness (QED) is 0.634. The van der Waals surface area contributed by atoms with E-state index in [-0.39, 0.29) is 36.0 Å². The van der Waals surface area contributed by atoms with Crippen LogP contribution < -0.4 is 16.4 Å². The standard InChI is InChI=1S/C20H28N4O4.ClH/c21-8-9-22-18(25)15-5-2-10-24(13-15)20(27)14-4-1-6-16(12-14)23-19(26)17-7-3-11-28-17;/h1,4,6,12,15,17H,2-3,5,7-11,13,21H2,(H,22,25)(H,23,26);1H. The Balaban J connectivity index is 0.00000300. The summed E-state index contributed by atoms with van der Waals surface area (Å²) in [6.07, 6.45) is 2.71. The van der Waals surface area contributed by atoms with Crippen molar-refractivity contribution in [2.75, 3.05) is 38.1 Å². The van der Waals surface area contributed by atoms with Gasteiger partial charge in [-0.15, -0.1) is 12.4 Å². The summed E-state index contributed by atoms with van der Waals surface area (Å²) in [5.74, 6) is -0.589. The first-order valence-corrected chi connectivity index (χ1v) is 9.88. The molecule has 0 aromatic heterocycles. The molecule has 3 rings (SSSR count). The second-order valence-electron chi connectivity index (χ2n) is 7.24. The van der Waals surface area contributed by atoms with Gasteiger partial charge in [0.15, 0.2) is 0 Å². The molecule has 2 atom stereocenters. The molecule has 2 aliphatic heterocycles. The van der Waals surface area contributed by atoms with Crippen molar-refractivity contribution in [2.45, 2.75) is 31.8 Å². The largest absolute Gasteiger partial charge is 0.368 e. The molecule has 4 N–H and O–H groups in total. The Morgan fingerprint density at radius 3 is 2.72 bits per heavy atom. The minimum atomic E-state index is -0.422. The van der Waals surface area contributed by atoms with Crippen LogP contribution in [0.25, 0.3) is 0 Å². The van der Waals surface area contributed by atoms with Crippen molar-refractivity contribution in [3.8, 4) is 0 Å². The average Bonchev–Trinajstić information content (AvgIpc) is 3.27. The number of hydrogen-bond donors (Lipinski definition) is 3. The molecule has 0 spiro atoms. The maximum Gasteiger partial charge on any atom is 0.253 e. The fourth-order valence-electron chi connectivity index (χ4n) is 3.64. The maximum absolute atomic E-state index is 12.9. The van der Waals surface area contributed by atoms with Crippen LogP contribution >= 0.6 is 12.4 Å². The molecular formula is C20H29ClN4O4. The third-order valence-corrected chi connectivity index (χ3v) is 5.12. The number of piperidine rings is 1. The van der Waals surface area contributed by atoms with Gasteiger partial charge in [-0.05, 0) is 43.9 Å². The maximum atomic E-state index is 12.9. The van der Waals surface area contributed by atoms with Crippen LogP contribution in [0.1, 0.15) is 36.0 Å². The van der Waals surface area contributed by atoms with E-state index in [1.54, 1.807) is 29.2 Å². The van der Waals surface area contributed by atoms with Gasteiger partial charge >= 0.3 is 0 Å². The van der Waals surface area contributed by atoms with E-state index in [2.05, 4.69) is 10.6 Å². The summed E-state index contributed by atoms with van der Waals surface area (Å²) in [5, 5.41) is 5.62. The van der Waals surface area contributed by atoms with Gasteiger partial charge in [0.2, 0.25) is 5.91 Å². The van der Waals surface area contributed by atoms with Gasteiger partial charge in [0.1, 0.15) is 6.10 Å². The topological polar surface area (TPSA) is 114 Å². The Morgan fingerprint density at radius 1 is 1.17 bits per heavy atom. The molecule has 9 heteroatoms. The Bertz CT molecular complexity index is 724. The van der Waals surface area contributed by atoms with E-state index in [4.69, 9.17) is 10.5 Å². The molecule has 1 aromatic rings. The summed E-state index contributed by atoms with van der Waals surface area (Å²) in [5.41, 5.74) is 6.49. The van der Waals surface area contributed by atoms with Crippen LogP contribution in [0.2, 0.25) is 0 Å². The molecule has 8 nitrogen and oxygen atoms in total. The monoisotopic (exact) mass is 424 g/mol. The van der Waals surface area contributed by atoms with E-state index in [9.17, 15) is 14.4 Å². The highest BCUT2D eigenvalue weighted by Gasteiger charge is 2.29. The Kier molecular flexibility index (Phi) is 8.88. The first-order valence-electron chi connectivity index (χ1n) is 9.88. The number of ether oxygens (including phenoxy) is 1. The van der Waals surface area contributed by atoms with Crippen molar-refractivity contribution in [1.29, 1.82) is 0 Å². The number of hydrogen-bond acceptors (Lipinski definition) is 5. The van der Waals surface area contributed by atoms with Crippen LogP contribution in [-0.4, -0.2) is 61.5 Å². The molecule has 1 aromatic carbocycles. The van der Waals surface area contributed by atoms with Gasteiger partial charge in [0.05, 0.1) is 5.92 Å². The van der Waals surface area contributed by atoms with Gasteiger partial charge in [-0.3, -0.25) is 14.4 Å². The zero-order chi connectivity index (χ0) is 19.9. The van der Waals surface area contributed by atoms with Gasteiger partial charge in [0, 0.05) is 44.0 Å². The molecule has 2 heterocycles. The van der Waals surface area contributed by atoms with Gasteiger partial charge in [-0.25, -0.2) is 0 Å². The molecule has 2 fully saturated rings. The number of nitrogens with one attached hydrogen (secondary N) is 2. The Hall–Kier alpha value is -2.16. The van der Waals surface area contributed by atoms with Crippen LogP contribution in [0, 0.1) is 5.92 Å². The number of carbonyl (C=O) groups excluding carboxylic acids is 3. The fourth-order valence-corrected chi connectivity index (χ4v) is 3.64. The second-order valence-corrected chi connectivity index (χ2v) is 7.24. The van der Waals surface area contributed by atoms with Crippen molar-refractivity contribution in [2.24, 2.45) is 11.7 Å². The van der Waals surface area contributed by atoms with Gasteiger partial charge in [-0.1, -0.05) is 6.07 Å². The van der Waals surface area contributed by atoms with Crippen molar-refractivity contribution < 1.29 is 19.1 Å². The Morgan fingerprint density at radius 2 is 2.00 bits per heavy atom. The predicted molar refractivity (Wildman–Crippen MR) is 112 cm³/mol. The van der Waals surface area contributed by atoms with E-state index >= 15 is 0 Å². The summed E-state index contributed by atoms with van der Waals surface area (Å²) in [6.45, 7) is 2.45. The molecule has 29 heavy (non-hydrogen) atoms. The van der Waals surface area contributed by atoms with Crippen molar-refractivity contribution in [1.82, 2.24) is 10.2 Å². The van der Waals surface area contributed by atoms with E-state index in [0.717, 1.165) is 19.3 Å². The number of halogens is 1. The molecule has 0 bridgehead atoms. The summed E-state index contributed by atoms with van der Waals surface area (Å²) >= 11 is 0. The lowest BCUT2D eigenvalue weighted by Crippen LogP contribution is -2.46. The van der Waals surface area contributed by atoms with E-state index in [1.807, 2.05) is 0 Å². The molecule has 0 aliphatic carbocycles.